The molecule has 0 atom stereocenters. The number of fused-ring (bicyclic) bond motifs is 1. The minimum Gasteiger partial charge on any atom is -0.279 e. The molecule has 6 nitrogen and oxygen atoms in total. The van der Waals surface area contributed by atoms with Gasteiger partial charge in [-0.15, -0.1) is 0 Å². The second-order valence-corrected chi connectivity index (χ2v) is 12.9. The van der Waals surface area contributed by atoms with Gasteiger partial charge in [0.15, 0.2) is 0 Å². The maximum absolute atomic E-state index is 13.0. The first-order valence-electron chi connectivity index (χ1n) is 10.1. The molecule has 0 aromatic heterocycles. The van der Waals surface area contributed by atoms with E-state index < -0.39 is 20.0 Å². The molecule has 0 amide bonds. The van der Waals surface area contributed by atoms with Gasteiger partial charge in [0.25, 0.3) is 20.0 Å². The minimum absolute atomic E-state index is 0.126. The number of aryl methyl sites for hydroxylation is 2. The summed E-state index contributed by atoms with van der Waals surface area (Å²) in [6, 6.07) is 19.6. The Kier molecular flexibility index (Phi) is 6.78. The maximum Gasteiger partial charge on any atom is 0.261 e. The zero-order chi connectivity index (χ0) is 24.7. The molecule has 2 N–H and O–H groups in total. The molecular formula is C24H20Br2N2O4S2. The van der Waals surface area contributed by atoms with Crippen molar-refractivity contribution in [3.63, 3.8) is 0 Å². The third kappa shape index (κ3) is 5.00. The summed E-state index contributed by atoms with van der Waals surface area (Å²) in [4.78, 5) is 0.253. The first-order chi connectivity index (χ1) is 16.0. The predicted octanol–water partition coefficient (Wildman–Crippen LogP) is 6.58. The first-order valence-corrected chi connectivity index (χ1v) is 14.6. The Morgan fingerprint density at radius 1 is 0.529 bits per heavy atom. The molecule has 0 heterocycles. The van der Waals surface area contributed by atoms with Crippen molar-refractivity contribution < 1.29 is 16.8 Å². The van der Waals surface area contributed by atoms with Crippen LogP contribution in [0.3, 0.4) is 0 Å². The quantitative estimate of drug-likeness (QED) is 0.254. The van der Waals surface area contributed by atoms with Crippen LogP contribution in [0.5, 0.6) is 0 Å². The fourth-order valence-electron chi connectivity index (χ4n) is 3.42. The molecule has 0 unspecified atom stereocenters. The van der Waals surface area contributed by atoms with Crippen LogP contribution in [0.25, 0.3) is 10.8 Å². The number of benzene rings is 4. The van der Waals surface area contributed by atoms with Gasteiger partial charge in [0, 0.05) is 19.7 Å². The van der Waals surface area contributed by atoms with Crippen molar-refractivity contribution in [2.24, 2.45) is 0 Å². The highest BCUT2D eigenvalue weighted by atomic mass is 79.9. The highest BCUT2D eigenvalue weighted by Crippen LogP contribution is 2.41. The smallest absolute Gasteiger partial charge is 0.261 e. The van der Waals surface area contributed by atoms with Crippen molar-refractivity contribution in [2.75, 3.05) is 9.44 Å². The largest absolute Gasteiger partial charge is 0.279 e. The Labute approximate surface area is 215 Å². The van der Waals surface area contributed by atoms with Crippen LogP contribution in [-0.4, -0.2) is 16.8 Å². The molecule has 4 rings (SSSR count). The van der Waals surface area contributed by atoms with Gasteiger partial charge in [0.2, 0.25) is 0 Å². The average molecular weight is 624 g/mol. The molecule has 0 aliphatic heterocycles. The Bertz CT molecular complexity index is 1480. The monoisotopic (exact) mass is 622 g/mol. The summed E-state index contributed by atoms with van der Waals surface area (Å²) in [5.41, 5.74) is 2.51. The predicted molar refractivity (Wildman–Crippen MR) is 143 cm³/mol. The van der Waals surface area contributed by atoms with E-state index in [1.807, 2.05) is 13.8 Å². The first kappa shape index (κ1) is 24.7. The number of anilines is 2. The third-order valence-corrected chi connectivity index (χ3v) is 9.29. The van der Waals surface area contributed by atoms with Gasteiger partial charge in [-0.1, -0.05) is 67.3 Å². The van der Waals surface area contributed by atoms with Gasteiger partial charge in [-0.05, 0) is 62.4 Å². The number of sulfonamides is 2. The van der Waals surface area contributed by atoms with E-state index in [0.717, 1.165) is 11.1 Å². The van der Waals surface area contributed by atoms with Crippen molar-refractivity contribution in [1.29, 1.82) is 0 Å². The lowest BCUT2D eigenvalue weighted by molar-refractivity contribution is 0.599. The maximum atomic E-state index is 13.0. The number of rotatable bonds is 6. The van der Waals surface area contributed by atoms with Crippen molar-refractivity contribution in [3.8, 4) is 0 Å². The highest BCUT2D eigenvalue weighted by molar-refractivity contribution is 9.11. The number of halogens is 2. The molecule has 4 aromatic carbocycles. The average Bonchev–Trinajstić information content (AvgIpc) is 2.77. The van der Waals surface area contributed by atoms with Crippen molar-refractivity contribution in [1.82, 2.24) is 0 Å². The van der Waals surface area contributed by atoms with Crippen LogP contribution in [0.15, 0.2) is 91.5 Å². The van der Waals surface area contributed by atoms with E-state index in [1.165, 1.54) is 24.3 Å². The summed E-state index contributed by atoms with van der Waals surface area (Å²) in [5, 5.41) is 1.02. The van der Waals surface area contributed by atoms with E-state index in [9.17, 15) is 16.8 Å². The number of hydrogen-bond donors (Lipinski definition) is 2. The summed E-state index contributed by atoms with van der Waals surface area (Å²) < 4.78 is 58.6. The van der Waals surface area contributed by atoms with E-state index in [2.05, 4.69) is 41.3 Å². The molecule has 0 saturated heterocycles. The van der Waals surface area contributed by atoms with Crippen LogP contribution >= 0.6 is 31.9 Å². The molecule has 0 fully saturated rings. The van der Waals surface area contributed by atoms with Crippen molar-refractivity contribution in [3.05, 3.63) is 92.9 Å². The minimum atomic E-state index is -3.87. The van der Waals surface area contributed by atoms with Crippen LogP contribution in [0.2, 0.25) is 0 Å². The van der Waals surface area contributed by atoms with Gasteiger partial charge in [-0.3, -0.25) is 9.44 Å². The van der Waals surface area contributed by atoms with E-state index >= 15 is 0 Å². The Morgan fingerprint density at radius 3 is 1.18 bits per heavy atom. The van der Waals surface area contributed by atoms with E-state index in [4.69, 9.17) is 0 Å². The van der Waals surface area contributed by atoms with Gasteiger partial charge in [0.05, 0.1) is 21.2 Å². The molecule has 10 heteroatoms. The van der Waals surface area contributed by atoms with Gasteiger partial charge in [0.1, 0.15) is 0 Å². The second kappa shape index (κ2) is 9.33. The molecule has 0 aliphatic carbocycles. The Morgan fingerprint density at radius 2 is 0.853 bits per heavy atom. The van der Waals surface area contributed by atoms with Crippen LogP contribution in [-0.2, 0) is 20.0 Å². The summed E-state index contributed by atoms with van der Waals surface area (Å²) in [6.07, 6.45) is 0. The molecule has 0 bridgehead atoms. The molecule has 0 radical (unpaired) electrons. The number of hydrogen-bond acceptors (Lipinski definition) is 4. The van der Waals surface area contributed by atoms with Crippen LogP contribution in [0.1, 0.15) is 11.1 Å². The zero-order valence-electron chi connectivity index (χ0n) is 18.1. The molecule has 0 aliphatic rings. The standard InChI is InChI=1S/C24H20Br2N2O4S2/c1-15-3-7-17(8-4-15)33(29,30)27-21-13-11-20(26)24-22(14-12-19(25)23(21)24)28-34(31,32)18-9-5-16(2)6-10-18/h3-14,27-28H,1-2H3. The summed E-state index contributed by atoms with van der Waals surface area (Å²) in [7, 11) is -7.74. The highest BCUT2D eigenvalue weighted by Gasteiger charge is 2.21. The summed E-state index contributed by atoms with van der Waals surface area (Å²) >= 11 is 6.98. The van der Waals surface area contributed by atoms with E-state index in [1.54, 1.807) is 48.5 Å². The fraction of sp³-hybridized carbons (Fsp3) is 0.0833. The van der Waals surface area contributed by atoms with Gasteiger partial charge in [-0.2, -0.15) is 0 Å². The Balaban J connectivity index is 1.81. The summed E-state index contributed by atoms with van der Waals surface area (Å²) in [6.45, 7) is 3.75. The van der Waals surface area contributed by atoms with Crippen LogP contribution in [0, 0.1) is 13.8 Å². The fourth-order valence-corrected chi connectivity index (χ4v) is 6.66. The Hall–Kier alpha value is -2.40. The molecule has 4 aromatic rings. The second-order valence-electron chi connectivity index (χ2n) is 7.78. The van der Waals surface area contributed by atoms with E-state index in [0.29, 0.717) is 31.1 Å². The van der Waals surface area contributed by atoms with Crippen LogP contribution in [0.4, 0.5) is 11.4 Å². The van der Waals surface area contributed by atoms with Gasteiger partial charge >= 0.3 is 0 Å². The molecule has 176 valence electrons. The molecule has 0 spiro atoms. The number of nitrogens with one attached hydrogen (secondary N) is 2. The van der Waals surface area contributed by atoms with Gasteiger partial charge < -0.3 is 0 Å². The topological polar surface area (TPSA) is 92.3 Å². The lowest BCUT2D eigenvalue weighted by Crippen LogP contribution is -2.15. The van der Waals surface area contributed by atoms with Crippen molar-refractivity contribution in [2.45, 2.75) is 23.6 Å². The summed E-state index contributed by atoms with van der Waals surface area (Å²) in [5.74, 6) is 0. The normalized spacial score (nSPS) is 12.0. The van der Waals surface area contributed by atoms with Crippen LogP contribution < -0.4 is 9.44 Å². The lowest BCUT2D eigenvalue weighted by Gasteiger charge is -2.17. The van der Waals surface area contributed by atoms with Crippen molar-refractivity contribution >= 4 is 74.1 Å². The lowest BCUT2D eigenvalue weighted by atomic mass is 10.1. The molecule has 0 saturated carbocycles. The van der Waals surface area contributed by atoms with Gasteiger partial charge in [-0.25, -0.2) is 16.8 Å². The molecule has 34 heavy (non-hydrogen) atoms. The third-order valence-electron chi connectivity index (χ3n) is 5.21. The van der Waals surface area contributed by atoms with E-state index in [-0.39, 0.29) is 9.79 Å². The SMILES string of the molecule is Cc1ccc(S(=O)(=O)Nc2ccc(Br)c3c(NS(=O)(=O)c4ccc(C)cc4)ccc(Br)c23)cc1. The zero-order valence-corrected chi connectivity index (χ0v) is 22.9. The molecular weight excluding hydrogens is 604 g/mol.